The van der Waals surface area contributed by atoms with Crippen LogP contribution >= 0.6 is 11.6 Å². The summed E-state index contributed by atoms with van der Waals surface area (Å²) in [5.41, 5.74) is 13.5. The Morgan fingerprint density at radius 1 is 1.07 bits per heavy atom. The van der Waals surface area contributed by atoms with Gasteiger partial charge in [0.15, 0.2) is 11.5 Å². The largest absolute Gasteiger partial charge is 0.490 e. The van der Waals surface area contributed by atoms with E-state index in [4.69, 9.17) is 32.5 Å². The summed E-state index contributed by atoms with van der Waals surface area (Å²) in [5.74, 6) is 1.07. The van der Waals surface area contributed by atoms with E-state index < -0.39 is 0 Å². The smallest absolute Gasteiger partial charge is 0.222 e. The molecule has 0 saturated carbocycles. The van der Waals surface area contributed by atoms with Crippen LogP contribution in [0.4, 0.5) is 11.8 Å². The summed E-state index contributed by atoms with van der Waals surface area (Å²) in [4.78, 5) is 7.99. The highest BCUT2D eigenvalue weighted by atomic mass is 35.5. The Balaban J connectivity index is 1.96. The fourth-order valence-electron chi connectivity index (χ4n) is 2.63. The van der Waals surface area contributed by atoms with Crippen LogP contribution in [0.2, 0.25) is 5.02 Å². The Labute approximate surface area is 167 Å². The molecule has 0 bridgehead atoms. The molecule has 1 heterocycles. The zero-order valence-corrected chi connectivity index (χ0v) is 15.9. The number of benzene rings is 2. The number of rotatable bonds is 6. The molecule has 0 spiro atoms. The van der Waals surface area contributed by atoms with Gasteiger partial charge in [0, 0.05) is 16.1 Å². The van der Waals surface area contributed by atoms with Gasteiger partial charge in [0.1, 0.15) is 24.1 Å². The number of halogens is 1. The summed E-state index contributed by atoms with van der Waals surface area (Å²) in [6, 6.07) is 14.7. The summed E-state index contributed by atoms with van der Waals surface area (Å²) in [7, 11) is 0. The van der Waals surface area contributed by atoms with Crippen molar-refractivity contribution in [1.29, 1.82) is 5.26 Å². The van der Waals surface area contributed by atoms with Gasteiger partial charge < -0.3 is 20.9 Å². The lowest BCUT2D eigenvalue weighted by molar-refractivity contribution is 0.269. The molecule has 0 saturated heterocycles. The predicted octanol–water partition coefficient (Wildman–Crippen LogP) is 3.81. The fourth-order valence-corrected chi connectivity index (χ4v) is 2.82. The fraction of sp³-hybridized carbons (Fsp3) is 0.150. The first kappa shape index (κ1) is 19.3. The second-order valence-electron chi connectivity index (χ2n) is 5.78. The van der Waals surface area contributed by atoms with Gasteiger partial charge in [-0.25, -0.2) is 4.98 Å². The summed E-state index contributed by atoms with van der Waals surface area (Å²) in [5, 5.41) is 10.0. The maximum atomic E-state index is 9.40. The molecule has 28 heavy (non-hydrogen) atoms. The summed E-state index contributed by atoms with van der Waals surface area (Å²) >= 11 is 6.18. The number of nitriles is 1. The summed E-state index contributed by atoms with van der Waals surface area (Å²) in [6.45, 7) is 2.59. The second kappa shape index (κ2) is 8.46. The average molecular weight is 396 g/mol. The van der Waals surface area contributed by atoms with Crippen molar-refractivity contribution in [3.63, 3.8) is 0 Å². The molecule has 0 amide bonds. The van der Waals surface area contributed by atoms with Crippen LogP contribution in [0.15, 0.2) is 42.5 Å². The second-order valence-corrected chi connectivity index (χ2v) is 6.18. The molecule has 7 nitrogen and oxygen atoms in total. The number of ether oxygens (including phenoxy) is 2. The van der Waals surface area contributed by atoms with Crippen molar-refractivity contribution in [2.45, 2.75) is 13.5 Å². The Morgan fingerprint density at radius 2 is 1.86 bits per heavy atom. The van der Waals surface area contributed by atoms with E-state index in [0.717, 1.165) is 5.56 Å². The van der Waals surface area contributed by atoms with Crippen LogP contribution in [0.25, 0.3) is 11.3 Å². The van der Waals surface area contributed by atoms with Gasteiger partial charge in [-0.1, -0.05) is 29.8 Å². The quantitative estimate of drug-likeness (QED) is 0.650. The summed E-state index contributed by atoms with van der Waals surface area (Å²) in [6.07, 6.45) is 0. The van der Waals surface area contributed by atoms with Crippen molar-refractivity contribution in [2.75, 3.05) is 18.1 Å². The molecule has 0 fully saturated rings. The third kappa shape index (κ3) is 4.08. The number of aromatic nitrogens is 2. The third-order valence-corrected chi connectivity index (χ3v) is 4.29. The monoisotopic (exact) mass is 395 g/mol. The summed E-state index contributed by atoms with van der Waals surface area (Å²) < 4.78 is 11.6. The molecule has 0 aliphatic carbocycles. The van der Waals surface area contributed by atoms with Crippen LogP contribution in [0, 0.1) is 11.3 Å². The van der Waals surface area contributed by atoms with Gasteiger partial charge in [0.2, 0.25) is 5.95 Å². The molecular weight excluding hydrogens is 378 g/mol. The lowest BCUT2D eigenvalue weighted by atomic mass is 10.1. The van der Waals surface area contributed by atoms with Gasteiger partial charge in [0.05, 0.1) is 12.3 Å². The normalized spacial score (nSPS) is 10.3. The number of nitrogen functional groups attached to an aromatic ring is 2. The molecule has 0 aliphatic heterocycles. The van der Waals surface area contributed by atoms with Crippen LogP contribution in [0.5, 0.6) is 11.5 Å². The lowest BCUT2D eigenvalue weighted by Crippen LogP contribution is -2.05. The minimum atomic E-state index is -0.0106. The molecule has 3 rings (SSSR count). The van der Waals surface area contributed by atoms with E-state index in [0.29, 0.717) is 34.4 Å². The maximum Gasteiger partial charge on any atom is 0.222 e. The topological polar surface area (TPSA) is 120 Å². The zero-order chi connectivity index (χ0) is 20.1. The van der Waals surface area contributed by atoms with Gasteiger partial charge in [-0.15, -0.1) is 0 Å². The van der Waals surface area contributed by atoms with Crippen molar-refractivity contribution in [3.8, 4) is 28.8 Å². The Kier molecular flexibility index (Phi) is 5.82. The minimum absolute atomic E-state index is 0.0106. The highest BCUT2D eigenvalue weighted by molar-refractivity contribution is 6.31. The number of hydrogen-bond acceptors (Lipinski definition) is 7. The molecule has 3 aromatic rings. The maximum absolute atomic E-state index is 9.40. The van der Waals surface area contributed by atoms with Crippen molar-refractivity contribution < 1.29 is 9.47 Å². The number of hydrogen-bond donors (Lipinski definition) is 2. The van der Waals surface area contributed by atoms with Crippen LogP contribution in [0.1, 0.15) is 18.1 Å². The van der Waals surface area contributed by atoms with E-state index in [9.17, 15) is 5.26 Å². The highest BCUT2D eigenvalue weighted by Crippen LogP contribution is 2.35. The highest BCUT2D eigenvalue weighted by Gasteiger charge is 2.16. The molecule has 2 aromatic carbocycles. The van der Waals surface area contributed by atoms with Crippen LogP contribution < -0.4 is 20.9 Å². The average Bonchev–Trinajstić information content (AvgIpc) is 2.68. The molecular formula is C20H18ClN5O2. The Hall–Kier alpha value is -3.50. The number of anilines is 2. The van der Waals surface area contributed by atoms with Gasteiger partial charge in [-0.3, -0.25) is 0 Å². The van der Waals surface area contributed by atoms with E-state index >= 15 is 0 Å². The standard InChI is InChI=1S/C20H18ClN5O2/c1-2-27-17-9-12(18-14(10-22)19(23)26-20(24)25-18)7-8-16(17)28-11-13-5-3-4-6-15(13)21/h3-9H,2,11H2,1H3,(H4,23,24,25,26). The van der Waals surface area contributed by atoms with E-state index in [1.54, 1.807) is 24.3 Å². The van der Waals surface area contributed by atoms with Crippen molar-refractivity contribution >= 4 is 23.4 Å². The SMILES string of the molecule is CCOc1cc(-c2nc(N)nc(N)c2C#N)ccc1OCc1ccccc1Cl. The Bertz CT molecular complexity index is 1050. The zero-order valence-electron chi connectivity index (χ0n) is 15.1. The Morgan fingerprint density at radius 3 is 2.57 bits per heavy atom. The van der Waals surface area contributed by atoms with E-state index in [1.807, 2.05) is 31.2 Å². The lowest BCUT2D eigenvalue weighted by Gasteiger charge is -2.14. The third-order valence-electron chi connectivity index (χ3n) is 3.92. The van der Waals surface area contributed by atoms with Crippen LogP contribution in [-0.4, -0.2) is 16.6 Å². The molecule has 1 aromatic heterocycles. The molecule has 0 unspecified atom stereocenters. The van der Waals surface area contributed by atoms with Crippen molar-refractivity contribution in [2.24, 2.45) is 0 Å². The van der Waals surface area contributed by atoms with Gasteiger partial charge >= 0.3 is 0 Å². The molecule has 0 radical (unpaired) electrons. The van der Waals surface area contributed by atoms with E-state index in [1.165, 1.54) is 0 Å². The van der Waals surface area contributed by atoms with Gasteiger partial charge in [0.25, 0.3) is 0 Å². The van der Waals surface area contributed by atoms with Gasteiger partial charge in [-0.2, -0.15) is 10.2 Å². The van der Waals surface area contributed by atoms with Crippen LogP contribution in [-0.2, 0) is 6.61 Å². The van der Waals surface area contributed by atoms with Gasteiger partial charge in [-0.05, 0) is 31.2 Å². The minimum Gasteiger partial charge on any atom is -0.490 e. The van der Waals surface area contributed by atoms with Crippen LogP contribution in [0.3, 0.4) is 0 Å². The van der Waals surface area contributed by atoms with E-state index in [2.05, 4.69) is 9.97 Å². The first-order valence-corrected chi connectivity index (χ1v) is 8.87. The number of nitrogens with zero attached hydrogens (tertiary/aromatic N) is 3. The van der Waals surface area contributed by atoms with Crippen molar-refractivity contribution in [1.82, 2.24) is 9.97 Å². The predicted molar refractivity (Wildman–Crippen MR) is 108 cm³/mol. The number of nitrogens with two attached hydrogens (primary N) is 2. The molecule has 4 N–H and O–H groups in total. The van der Waals surface area contributed by atoms with Crippen molar-refractivity contribution in [3.05, 3.63) is 58.6 Å². The molecule has 142 valence electrons. The molecule has 0 atom stereocenters. The first-order valence-electron chi connectivity index (χ1n) is 8.50. The first-order chi connectivity index (χ1) is 13.5. The molecule has 8 heteroatoms. The van der Waals surface area contributed by atoms with E-state index in [-0.39, 0.29) is 23.9 Å². The molecule has 0 aliphatic rings.